The zero-order valence-electron chi connectivity index (χ0n) is 11.6. The summed E-state index contributed by atoms with van der Waals surface area (Å²) >= 11 is 0. The highest BCUT2D eigenvalue weighted by Crippen LogP contribution is 2.24. The van der Waals surface area contributed by atoms with Crippen LogP contribution in [0, 0.1) is 5.92 Å². The summed E-state index contributed by atoms with van der Waals surface area (Å²) in [6.45, 7) is 10.1. The number of nitrogens with one attached hydrogen (secondary N) is 1. The van der Waals surface area contributed by atoms with Crippen LogP contribution in [0.1, 0.15) is 32.6 Å². The fourth-order valence-electron chi connectivity index (χ4n) is 3.47. The van der Waals surface area contributed by atoms with Gasteiger partial charge in [-0.05, 0) is 71.4 Å². The van der Waals surface area contributed by atoms with Crippen molar-refractivity contribution >= 4 is 0 Å². The van der Waals surface area contributed by atoms with E-state index < -0.39 is 0 Å². The molecular weight excluding hydrogens is 210 g/mol. The molecular formula is C14H29N3. The molecule has 0 aromatic carbocycles. The van der Waals surface area contributed by atoms with E-state index in [4.69, 9.17) is 0 Å². The van der Waals surface area contributed by atoms with E-state index in [1.807, 2.05) is 0 Å². The third kappa shape index (κ3) is 3.67. The van der Waals surface area contributed by atoms with E-state index in [-0.39, 0.29) is 0 Å². The Bertz CT molecular complexity index is 212. The van der Waals surface area contributed by atoms with Gasteiger partial charge in [-0.3, -0.25) is 4.90 Å². The molecule has 1 atom stereocenters. The predicted octanol–water partition coefficient (Wildman–Crippen LogP) is 1.40. The molecule has 0 saturated carbocycles. The lowest BCUT2D eigenvalue weighted by Crippen LogP contribution is -2.44. The van der Waals surface area contributed by atoms with Crippen molar-refractivity contribution in [2.75, 3.05) is 46.3 Å². The molecule has 2 aliphatic heterocycles. The average molecular weight is 239 g/mol. The Morgan fingerprint density at radius 1 is 1.12 bits per heavy atom. The van der Waals surface area contributed by atoms with E-state index in [9.17, 15) is 0 Å². The Morgan fingerprint density at radius 2 is 1.88 bits per heavy atom. The number of hydrogen-bond donors (Lipinski definition) is 1. The number of rotatable bonds is 5. The summed E-state index contributed by atoms with van der Waals surface area (Å²) in [5.41, 5.74) is 0. The predicted molar refractivity (Wildman–Crippen MR) is 73.4 cm³/mol. The van der Waals surface area contributed by atoms with Crippen molar-refractivity contribution in [2.45, 2.75) is 38.6 Å². The summed E-state index contributed by atoms with van der Waals surface area (Å²) in [6, 6.07) is 0.880. The fraction of sp³-hybridized carbons (Fsp3) is 1.00. The van der Waals surface area contributed by atoms with Gasteiger partial charge in [0, 0.05) is 12.6 Å². The number of likely N-dealkylation sites (tertiary alicyclic amines) is 2. The molecule has 1 unspecified atom stereocenters. The third-order valence-corrected chi connectivity index (χ3v) is 4.42. The van der Waals surface area contributed by atoms with Crippen LogP contribution in [0.5, 0.6) is 0 Å². The first-order chi connectivity index (χ1) is 8.33. The maximum absolute atomic E-state index is 3.32. The van der Waals surface area contributed by atoms with Crippen molar-refractivity contribution in [3.8, 4) is 0 Å². The van der Waals surface area contributed by atoms with Gasteiger partial charge in [0.05, 0.1) is 0 Å². The molecule has 3 nitrogen and oxygen atoms in total. The molecule has 0 amide bonds. The van der Waals surface area contributed by atoms with Gasteiger partial charge in [-0.2, -0.15) is 0 Å². The molecule has 0 aromatic heterocycles. The second-order valence-corrected chi connectivity index (χ2v) is 5.78. The van der Waals surface area contributed by atoms with Gasteiger partial charge in [0.25, 0.3) is 0 Å². The van der Waals surface area contributed by atoms with Gasteiger partial charge in [0.2, 0.25) is 0 Å². The van der Waals surface area contributed by atoms with E-state index in [1.54, 1.807) is 0 Å². The topological polar surface area (TPSA) is 18.5 Å². The van der Waals surface area contributed by atoms with Crippen LogP contribution in [0.3, 0.4) is 0 Å². The Hall–Kier alpha value is -0.120. The maximum atomic E-state index is 3.32. The van der Waals surface area contributed by atoms with Gasteiger partial charge in [0.15, 0.2) is 0 Å². The first-order valence-electron chi connectivity index (χ1n) is 7.44. The molecule has 2 heterocycles. The minimum absolute atomic E-state index is 0.880. The van der Waals surface area contributed by atoms with Crippen molar-refractivity contribution in [2.24, 2.45) is 5.92 Å². The summed E-state index contributed by atoms with van der Waals surface area (Å²) in [5, 5.41) is 3.32. The minimum atomic E-state index is 0.880. The average Bonchev–Trinajstić information content (AvgIpc) is 2.80. The van der Waals surface area contributed by atoms with E-state index in [0.29, 0.717) is 0 Å². The molecule has 3 heteroatoms. The lowest BCUT2D eigenvalue weighted by atomic mass is 10.0. The van der Waals surface area contributed by atoms with Crippen molar-refractivity contribution in [3.05, 3.63) is 0 Å². The summed E-state index contributed by atoms with van der Waals surface area (Å²) < 4.78 is 0. The van der Waals surface area contributed by atoms with Crippen LogP contribution in [0.2, 0.25) is 0 Å². The molecule has 2 saturated heterocycles. The standard InChI is InChI=1S/C14H29N3/c1-3-7-16-8-5-14(6-9-16)17-10-4-13(12-17)11-15-2/h13-15H,3-12H2,1-2H3. The Kier molecular flexibility index (Phi) is 5.26. The molecule has 2 aliphatic rings. The summed E-state index contributed by atoms with van der Waals surface area (Å²) in [6.07, 6.45) is 5.49. The maximum Gasteiger partial charge on any atom is 0.0120 e. The summed E-state index contributed by atoms with van der Waals surface area (Å²) in [7, 11) is 2.08. The molecule has 2 rings (SSSR count). The van der Waals surface area contributed by atoms with Crippen molar-refractivity contribution in [1.29, 1.82) is 0 Å². The third-order valence-electron chi connectivity index (χ3n) is 4.42. The summed E-state index contributed by atoms with van der Waals surface area (Å²) in [5.74, 6) is 0.897. The molecule has 2 fully saturated rings. The Labute approximate surface area is 107 Å². The summed E-state index contributed by atoms with van der Waals surface area (Å²) in [4.78, 5) is 5.39. The van der Waals surface area contributed by atoms with E-state index >= 15 is 0 Å². The van der Waals surface area contributed by atoms with E-state index in [1.165, 1.54) is 65.0 Å². The SMILES string of the molecule is CCCN1CCC(N2CCC(CNC)C2)CC1. The molecule has 1 N–H and O–H groups in total. The molecule has 0 aromatic rings. The second-order valence-electron chi connectivity index (χ2n) is 5.78. The van der Waals surface area contributed by atoms with Crippen molar-refractivity contribution in [3.63, 3.8) is 0 Å². The Morgan fingerprint density at radius 3 is 2.53 bits per heavy atom. The number of hydrogen-bond acceptors (Lipinski definition) is 3. The van der Waals surface area contributed by atoms with Gasteiger partial charge in [-0.1, -0.05) is 6.92 Å². The van der Waals surface area contributed by atoms with Crippen LogP contribution in [-0.2, 0) is 0 Å². The minimum Gasteiger partial charge on any atom is -0.319 e. The first kappa shape index (κ1) is 13.3. The van der Waals surface area contributed by atoms with Crippen LogP contribution >= 0.6 is 0 Å². The zero-order valence-corrected chi connectivity index (χ0v) is 11.6. The lowest BCUT2D eigenvalue weighted by molar-refractivity contribution is 0.124. The largest absolute Gasteiger partial charge is 0.319 e. The van der Waals surface area contributed by atoms with Gasteiger partial charge in [-0.15, -0.1) is 0 Å². The highest BCUT2D eigenvalue weighted by atomic mass is 15.2. The monoisotopic (exact) mass is 239 g/mol. The van der Waals surface area contributed by atoms with E-state index in [2.05, 4.69) is 29.1 Å². The van der Waals surface area contributed by atoms with Gasteiger partial charge in [0.1, 0.15) is 0 Å². The van der Waals surface area contributed by atoms with Gasteiger partial charge >= 0.3 is 0 Å². The Balaban J connectivity index is 1.70. The van der Waals surface area contributed by atoms with Gasteiger partial charge < -0.3 is 10.2 Å². The van der Waals surface area contributed by atoms with Crippen LogP contribution in [0.25, 0.3) is 0 Å². The number of piperidine rings is 1. The molecule has 0 bridgehead atoms. The van der Waals surface area contributed by atoms with Crippen LogP contribution in [0.4, 0.5) is 0 Å². The van der Waals surface area contributed by atoms with Crippen molar-refractivity contribution in [1.82, 2.24) is 15.1 Å². The molecule has 100 valence electrons. The first-order valence-corrected chi connectivity index (χ1v) is 7.44. The lowest BCUT2D eigenvalue weighted by Gasteiger charge is -2.36. The zero-order chi connectivity index (χ0) is 12.1. The second kappa shape index (κ2) is 6.72. The fourth-order valence-corrected chi connectivity index (χ4v) is 3.47. The van der Waals surface area contributed by atoms with Crippen LogP contribution in [0.15, 0.2) is 0 Å². The molecule has 17 heavy (non-hydrogen) atoms. The molecule has 0 spiro atoms. The van der Waals surface area contributed by atoms with E-state index in [0.717, 1.165) is 12.0 Å². The highest BCUT2D eigenvalue weighted by molar-refractivity contribution is 4.85. The molecule has 0 aliphatic carbocycles. The number of nitrogens with zero attached hydrogens (tertiary/aromatic N) is 2. The smallest absolute Gasteiger partial charge is 0.0120 e. The van der Waals surface area contributed by atoms with Crippen molar-refractivity contribution < 1.29 is 0 Å². The van der Waals surface area contributed by atoms with Crippen LogP contribution < -0.4 is 5.32 Å². The quantitative estimate of drug-likeness (QED) is 0.782. The van der Waals surface area contributed by atoms with Gasteiger partial charge in [-0.25, -0.2) is 0 Å². The normalized spacial score (nSPS) is 28.9. The van der Waals surface area contributed by atoms with Crippen LogP contribution in [-0.4, -0.2) is 62.2 Å². The molecule has 0 radical (unpaired) electrons. The highest BCUT2D eigenvalue weighted by Gasteiger charge is 2.29.